The van der Waals surface area contributed by atoms with Gasteiger partial charge in [-0.2, -0.15) is 11.8 Å². The number of nitrogens with one attached hydrogen (secondary N) is 2. The van der Waals surface area contributed by atoms with E-state index in [1.54, 1.807) is 7.05 Å². The Morgan fingerprint density at radius 3 is 2.56 bits per heavy atom. The predicted molar refractivity (Wildman–Crippen MR) is 82.6 cm³/mol. The van der Waals surface area contributed by atoms with Crippen LogP contribution in [0.15, 0.2) is 29.3 Å². The summed E-state index contributed by atoms with van der Waals surface area (Å²) in [5, 5.41) is 7.89. The molecule has 0 radical (unpaired) electrons. The summed E-state index contributed by atoms with van der Waals surface area (Å²) in [6, 6.07) is 7.80. The van der Waals surface area contributed by atoms with Crippen molar-refractivity contribution in [3.63, 3.8) is 0 Å². The molecule has 0 saturated carbocycles. The summed E-state index contributed by atoms with van der Waals surface area (Å²) in [5.74, 6) is 0.825. The number of halogens is 1. The van der Waals surface area contributed by atoms with Crippen molar-refractivity contribution in [3.05, 3.63) is 34.9 Å². The highest BCUT2D eigenvalue weighted by atomic mass is 35.5. The number of benzene rings is 1. The van der Waals surface area contributed by atoms with Crippen LogP contribution in [0.5, 0.6) is 0 Å². The van der Waals surface area contributed by atoms with Crippen LogP contribution in [0, 0.1) is 0 Å². The Bertz CT molecular complexity index is 378. The van der Waals surface area contributed by atoms with Crippen LogP contribution in [0.2, 0.25) is 5.02 Å². The third-order valence-corrected chi connectivity index (χ3v) is 3.78. The van der Waals surface area contributed by atoms with Crippen molar-refractivity contribution in [2.24, 2.45) is 4.99 Å². The van der Waals surface area contributed by atoms with Gasteiger partial charge in [0.2, 0.25) is 0 Å². The lowest BCUT2D eigenvalue weighted by Crippen LogP contribution is -2.39. The lowest BCUT2D eigenvalue weighted by molar-refractivity contribution is 0.791. The molecule has 0 heterocycles. The Hall–Kier alpha value is -0.870. The molecular weight excluding hydrogens is 266 g/mol. The molecule has 0 aromatic heterocycles. The third kappa shape index (κ3) is 5.65. The molecule has 0 bridgehead atoms. The molecule has 0 amide bonds. The van der Waals surface area contributed by atoms with Crippen LogP contribution in [0.3, 0.4) is 0 Å². The summed E-state index contributed by atoms with van der Waals surface area (Å²) in [7, 11) is 1.78. The van der Waals surface area contributed by atoms with Crippen LogP contribution in [0.1, 0.15) is 12.5 Å². The molecular formula is C13H20ClN3S. The monoisotopic (exact) mass is 285 g/mol. The maximum atomic E-state index is 5.84. The maximum Gasteiger partial charge on any atom is 0.191 e. The van der Waals surface area contributed by atoms with E-state index < -0.39 is 0 Å². The summed E-state index contributed by atoms with van der Waals surface area (Å²) in [6.07, 6.45) is 2.11. The zero-order valence-electron chi connectivity index (χ0n) is 11.0. The number of aliphatic imine (C=N–C) groups is 1. The van der Waals surface area contributed by atoms with Gasteiger partial charge in [0.15, 0.2) is 5.96 Å². The van der Waals surface area contributed by atoms with Gasteiger partial charge >= 0.3 is 0 Å². The van der Waals surface area contributed by atoms with E-state index in [4.69, 9.17) is 11.6 Å². The van der Waals surface area contributed by atoms with Crippen LogP contribution in [0.4, 0.5) is 0 Å². The van der Waals surface area contributed by atoms with E-state index in [-0.39, 0.29) is 0 Å². The van der Waals surface area contributed by atoms with Crippen molar-refractivity contribution in [2.45, 2.75) is 18.7 Å². The number of hydrogen-bond acceptors (Lipinski definition) is 2. The van der Waals surface area contributed by atoms with E-state index in [0.717, 1.165) is 24.1 Å². The fourth-order valence-electron chi connectivity index (χ4n) is 1.33. The standard InChI is InChI=1S/C13H20ClN3S/c1-10(18-3)8-16-13(15-2)17-9-11-4-6-12(14)7-5-11/h4-7,10H,8-9H2,1-3H3,(H2,15,16,17). The first-order valence-corrected chi connectivity index (χ1v) is 7.54. The number of thioether (sulfide) groups is 1. The smallest absolute Gasteiger partial charge is 0.191 e. The molecule has 0 aliphatic heterocycles. The van der Waals surface area contributed by atoms with Gasteiger partial charge in [-0.3, -0.25) is 4.99 Å². The van der Waals surface area contributed by atoms with Gasteiger partial charge in [0, 0.05) is 30.4 Å². The Kier molecular flexibility index (Phi) is 6.98. The molecule has 0 saturated heterocycles. The summed E-state index contributed by atoms with van der Waals surface area (Å²) < 4.78 is 0. The maximum absolute atomic E-state index is 5.84. The Morgan fingerprint density at radius 1 is 1.33 bits per heavy atom. The molecule has 1 aromatic rings. The van der Waals surface area contributed by atoms with Gasteiger partial charge in [-0.1, -0.05) is 30.7 Å². The molecule has 1 unspecified atom stereocenters. The number of guanidine groups is 1. The van der Waals surface area contributed by atoms with E-state index in [1.165, 1.54) is 5.56 Å². The van der Waals surface area contributed by atoms with E-state index in [9.17, 15) is 0 Å². The summed E-state index contributed by atoms with van der Waals surface area (Å²) in [6.45, 7) is 3.83. The third-order valence-electron chi connectivity index (χ3n) is 2.56. The average molecular weight is 286 g/mol. The zero-order chi connectivity index (χ0) is 13.4. The van der Waals surface area contributed by atoms with Crippen molar-refractivity contribution in [1.82, 2.24) is 10.6 Å². The predicted octanol–water partition coefficient (Wildman–Crippen LogP) is 2.76. The van der Waals surface area contributed by atoms with Gasteiger partial charge < -0.3 is 10.6 Å². The fraction of sp³-hybridized carbons (Fsp3) is 0.462. The molecule has 5 heteroatoms. The summed E-state index contributed by atoms with van der Waals surface area (Å²) in [5.41, 5.74) is 1.18. The van der Waals surface area contributed by atoms with Gasteiger partial charge in [0.25, 0.3) is 0 Å². The highest BCUT2D eigenvalue weighted by Crippen LogP contribution is 2.09. The normalized spacial score (nSPS) is 13.2. The Morgan fingerprint density at radius 2 is 2.00 bits per heavy atom. The molecule has 1 atom stereocenters. The van der Waals surface area contributed by atoms with Crippen molar-refractivity contribution < 1.29 is 0 Å². The van der Waals surface area contributed by atoms with Crippen molar-refractivity contribution in [1.29, 1.82) is 0 Å². The van der Waals surface area contributed by atoms with Crippen LogP contribution in [-0.4, -0.2) is 31.1 Å². The van der Waals surface area contributed by atoms with Gasteiger partial charge in [-0.05, 0) is 24.0 Å². The molecule has 3 nitrogen and oxygen atoms in total. The topological polar surface area (TPSA) is 36.4 Å². The minimum absolute atomic E-state index is 0.569. The van der Waals surface area contributed by atoms with Gasteiger partial charge in [0.05, 0.1) is 0 Å². The van der Waals surface area contributed by atoms with E-state index in [1.807, 2.05) is 36.0 Å². The molecule has 1 aromatic carbocycles. The second-order valence-electron chi connectivity index (χ2n) is 3.98. The number of hydrogen-bond donors (Lipinski definition) is 2. The Labute approximate surface area is 118 Å². The Balaban J connectivity index is 2.38. The van der Waals surface area contributed by atoms with Crippen LogP contribution in [0.25, 0.3) is 0 Å². The van der Waals surface area contributed by atoms with Crippen molar-refractivity contribution in [3.8, 4) is 0 Å². The highest BCUT2D eigenvalue weighted by molar-refractivity contribution is 7.99. The molecule has 0 aliphatic carbocycles. The molecule has 2 N–H and O–H groups in total. The molecule has 0 aliphatic rings. The molecule has 18 heavy (non-hydrogen) atoms. The van der Waals surface area contributed by atoms with E-state index in [2.05, 4.69) is 28.8 Å². The summed E-state index contributed by atoms with van der Waals surface area (Å²) in [4.78, 5) is 4.19. The second kappa shape index (κ2) is 8.27. The van der Waals surface area contributed by atoms with Gasteiger partial charge in [-0.25, -0.2) is 0 Å². The first-order chi connectivity index (χ1) is 8.65. The minimum atomic E-state index is 0.569. The van der Waals surface area contributed by atoms with Crippen LogP contribution < -0.4 is 10.6 Å². The van der Waals surface area contributed by atoms with Crippen LogP contribution >= 0.6 is 23.4 Å². The van der Waals surface area contributed by atoms with Gasteiger partial charge in [-0.15, -0.1) is 0 Å². The van der Waals surface area contributed by atoms with Crippen molar-refractivity contribution >= 4 is 29.3 Å². The first-order valence-electron chi connectivity index (χ1n) is 5.87. The van der Waals surface area contributed by atoms with Crippen molar-refractivity contribution in [2.75, 3.05) is 19.8 Å². The molecule has 1 rings (SSSR count). The lowest BCUT2D eigenvalue weighted by atomic mass is 10.2. The highest BCUT2D eigenvalue weighted by Gasteiger charge is 2.02. The summed E-state index contributed by atoms with van der Waals surface area (Å²) >= 11 is 7.68. The lowest BCUT2D eigenvalue weighted by Gasteiger charge is -2.14. The fourth-order valence-corrected chi connectivity index (χ4v) is 1.71. The van der Waals surface area contributed by atoms with Gasteiger partial charge in [0.1, 0.15) is 0 Å². The van der Waals surface area contributed by atoms with E-state index >= 15 is 0 Å². The number of nitrogens with zero attached hydrogens (tertiary/aromatic N) is 1. The first kappa shape index (κ1) is 15.2. The molecule has 0 spiro atoms. The van der Waals surface area contributed by atoms with E-state index in [0.29, 0.717) is 5.25 Å². The SMILES string of the molecule is CN=C(NCc1ccc(Cl)cc1)NCC(C)SC. The largest absolute Gasteiger partial charge is 0.355 e. The van der Waals surface area contributed by atoms with Crippen LogP contribution in [-0.2, 0) is 6.54 Å². The number of rotatable bonds is 5. The zero-order valence-corrected chi connectivity index (χ0v) is 12.6. The molecule has 0 fully saturated rings. The quantitative estimate of drug-likeness (QED) is 0.645. The second-order valence-corrected chi connectivity index (χ2v) is 5.69. The molecule has 100 valence electrons. The minimum Gasteiger partial charge on any atom is -0.355 e. The average Bonchev–Trinajstić information content (AvgIpc) is 2.40.